The van der Waals surface area contributed by atoms with Crippen LogP contribution < -0.4 is 5.32 Å². The molecule has 2 aliphatic rings. The van der Waals surface area contributed by atoms with Crippen molar-refractivity contribution in [3.63, 3.8) is 0 Å². The van der Waals surface area contributed by atoms with Crippen LogP contribution in [0.2, 0.25) is 0 Å². The summed E-state index contributed by atoms with van der Waals surface area (Å²) in [4.78, 5) is 30.1. The predicted molar refractivity (Wildman–Crippen MR) is 83.0 cm³/mol. The van der Waals surface area contributed by atoms with E-state index in [-0.39, 0.29) is 17.6 Å². The molecule has 0 atom stereocenters. The number of piperidine rings is 1. The second-order valence-corrected chi connectivity index (χ2v) is 5.74. The van der Waals surface area contributed by atoms with Crippen LogP contribution in [0.1, 0.15) is 45.4 Å². The van der Waals surface area contributed by atoms with E-state index in [9.17, 15) is 9.59 Å². The van der Waals surface area contributed by atoms with Crippen molar-refractivity contribution < 1.29 is 9.59 Å². The second kappa shape index (κ2) is 8.08. The third kappa shape index (κ3) is 4.77. The number of allylic oxidation sites excluding steroid dienone is 1. The van der Waals surface area contributed by atoms with Gasteiger partial charge in [-0.15, -0.1) is 0 Å². The van der Waals surface area contributed by atoms with Crippen LogP contribution in [-0.2, 0) is 9.59 Å². The summed E-state index contributed by atoms with van der Waals surface area (Å²) in [6.07, 6.45) is 8.34. The van der Waals surface area contributed by atoms with Crippen molar-refractivity contribution in [1.29, 1.82) is 0 Å². The van der Waals surface area contributed by atoms with Crippen LogP contribution in [0.4, 0.5) is 0 Å². The molecule has 0 bridgehead atoms. The number of hydrogen-bond acceptors (Lipinski definition) is 4. The van der Waals surface area contributed by atoms with Crippen molar-refractivity contribution in [2.75, 3.05) is 19.8 Å². The van der Waals surface area contributed by atoms with Crippen molar-refractivity contribution in [1.82, 2.24) is 10.2 Å². The SMILES string of the molecule is CCCCC(=O)N1C=CC(CC(=O)C2CCNCC2)=NC1. The van der Waals surface area contributed by atoms with E-state index in [0.717, 1.165) is 44.5 Å². The summed E-state index contributed by atoms with van der Waals surface area (Å²) in [7, 11) is 0. The van der Waals surface area contributed by atoms with Crippen molar-refractivity contribution in [3.05, 3.63) is 12.3 Å². The number of amides is 1. The largest absolute Gasteiger partial charge is 0.317 e. The Morgan fingerprint density at radius 1 is 1.38 bits per heavy atom. The summed E-state index contributed by atoms with van der Waals surface area (Å²) in [5.74, 6) is 0.567. The van der Waals surface area contributed by atoms with Crippen molar-refractivity contribution in [2.45, 2.75) is 45.4 Å². The zero-order chi connectivity index (χ0) is 15.1. The lowest BCUT2D eigenvalue weighted by molar-refractivity contribution is -0.128. The van der Waals surface area contributed by atoms with E-state index in [1.165, 1.54) is 0 Å². The summed E-state index contributed by atoms with van der Waals surface area (Å²) < 4.78 is 0. The number of carbonyl (C=O) groups excluding carboxylic acids is 2. The molecule has 0 unspecified atom stereocenters. The summed E-state index contributed by atoms with van der Waals surface area (Å²) in [5, 5.41) is 3.27. The first-order valence-corrected chi connectivity index (χ1v) is 7.95. The van der Waals surface area contributed by atoms with E-state index in [4.69, 9.17) is 0 Å². The zero-order valence-electron chi connectivity index (χ0n) is 12.8. The summed E-state index contributed by atoms with van der Waals surface area (Å²) in [5.41, 5.74) is 0.804. The number of hydrogen-bond donors (Lipinski definition) is 1. The maximum Gasteiger partial charge on any atom is 0.228 e. The molecule has 0 aliphatic carbocycles. The number of Topliss-reactive ketones (excluding diaryl/α,β-unsaturated/α-hetero) is 1. The van der Waals surface area contributed by atoms with Gasteiger partial charge in [-0.2, -0.15) is 0 Å². The van der Waals surface area contributed by atoms with Crippen LogP contribution >= 0.6 is 0 Å². The zero-order valence-corrected chi connectivity index (χ0v) is 12.8. The van der Waals surface area contributed by atoms with Crippen LogP contribution in [0.15, 0.2) is 17.3 Å². The third-order valence-electron chi connectivity index (χ3n) is 4.09. The number of carbonyl (C=O) groups is 2. The molecule has 1 N–H and O–H groups in total. The van der Waals surface area contributed by atoms with E-state index in [2.05, 4.69) is 17.2 Å². The molecule has 21 heavy (non-hydrogen) atoms. The van der Waals surface area contributed by atoms with Gasteiger partial charge in [0, 0.05) is 30.7 Å². The lowest BCUT2D eigenvalue weighted by Gasteiger charge is -2.23. The van der Waals surface area contributed by atoms with Crippen LogP contribution in [0.3, 0.4) is 0 Å². The third-order valence-corrected chi connectivity index (χ3v) is 4.09. The standard InChI is InChI=1S/C16H25N3O2/c1-2-3-4-16(21)19-10-7-14(18-12-19)11-15(20)13-5-8-17-9-6-13/h7,10,13,17H,2-6,8-9,11-12H2,1H3. The number of unbranched alkanes of at least 4 members (excludes halogenated alkanes) is 1. The molecule has 0 radical (unpaired) electrons. The minimum Gasteiger partial charge on any atom is -0.317 e. The Labute approximate surface area is 126 Å². The predicted octanol–water partition coefficient (Wildman–Crippen LogP) is 1.89. The van der Waals surface area contributed by atoms with Gasteiger partial charge >= 0.3 is 0 Å². The van der Waals surface area contributed by atoms with Gasteiger partial charge in [0.2, 0.25) is 5.91 Å². The average molecular weight is 291 g/mol. The molecule has 1 fully saturated rings. The minimum atomic E-state index is 0.112. The highest BCUT2D eigenvalue weighted by Crippen LogP contribution is 2.16. The number of aliphatic imine (C=N–C) groups is 1. The van der Waals surface area contributed by atoms with Gasteiger partial charge in [-0.1, -0.05) is 13.3 Å². The Bertz CT molecular complexity index is 437. The van der Waals surface area contributed by atoms with Crippen molar-refractivity contribution in [3.8, 4) is 0 Å². The fourth-order valence-electron chi connectivity index (χ4n) is 2.66. The molecule has 1 amide bonds. The van der Waals surface area contributed by atoms with Gasteiger partial charge in [0.05, 0.1) is 0 Å². The minimum absolute atomic E-state index is 0.112. The van der Waals surface area contributed by atoms with Gasteiger partial charge < -0.3 is 5.32 Å². The topological polar surface area (TPSA) is 61.8 Å². The van der Waals surface area contributed by atoms with E-state index in [0.29, 0.717) is 19.5 Å². The lowest BCUT2D eigenvalue weighted by Crippen LogP contribution is -2.33. The van der Waals surface area contributed by atoms with E-state index >= 15 is 0 Å². The quantitative estimate of drug-likeness (QED) is 0.813. The molecule has 0 saturated carbocycles. The second-order valence-electron chi connectivity index (χ2n) is 5.74. The first kappa shape index (κ1) is 15.9. The Morgan fingerprint density at radius 3 is 2.76 bits per heavy atom. The van der Waals surface area contributed by atoms with Gasteiger partial charge in [0.1, 0.15) is 12.5 Å². The number of nitrogens with one attached hydrogen (secondary N) is 1. The van der Waals surface area contributed by atoms with Gasteiger partial charge in [-0.05, 0) is 38.4 Å². The molecular weight excluding hydrogens is 266 g/mol. The van der Waals surface area contributed by atoms with E-state index in [1.54, 1.807) is 11.1 Å². The van der Waals surface area contributed by atoms with Gasteiger partial charge in [-0.25, -0.2) is 0 Å². The van der Waals surface area contributed by atoms with Crippen LogP contribution in [0.25, 0.3) is 0 Å². The highest BCUT2D eigenvalue weighted by molar-refractivity contribution is 6.08. The Balaban J connectivity index is 1.79. The maximum atomic E-state index is 12.2. The molecule has 2 heterocycles. The van der Waals surface area contributed by atoms with E-state index in [1.807, 2.05) is 6.08 Å². The molecular formula is C16H25N3O2. The maximum absolute atomic E-state index is 12.2. The summed E-state index contributed by atoms with van der Waals surface area (Å²) in [6.45, 7) is 4.28. The van der Waals surface area contributed by atoms with Crippen LogP contribution in [0.5, 0.6) is 0 Å². The summed E-state index contributed by atoms with van der Waals surface area (Å²) in [6, 6.07) is 0. The fraction of sp³-hybridized carbons (Fsp3) is 0.688. The Morgan fingerprint density at radius 2 is 2.14 bits per heavy atom. The van der Waals surface area contributed by atoms with Crippen molar-refractivity contribution in [2.24, 2.45) is 10.9 Å². The van der Waals surface area contributed by atoms with Gasteiger partial charge in [0.15, 0.2) is 0 Å². The molecule has 0 spiro atoms. The molecule has 116 valence electrons. The average Bonchev–Trinajstić information content (AvgIpc) is 2.54. The van der Waals surface area contributed by atoms with Crippen LogP contribution in [0, 0.1) is 5.92 Å². The normalized spacial score (nSPS) is 19.5. The van der Waals surface area contributed by atoms with Gasteiger partial charge in [-0.3, -0.25) is 19.5 Å². The van der Waals surface area contributed by atoms with E-state index < -0.39 is 0 Å². The monoisotopic (exact) mass is 291 g/mol. The first-order chi connectivity index (χ1) is 10.2. The molecule has 2 rings (SSSR count). The van der Waals surface area contributed by atoms with Crippen molar-refractivity contribution >= 4 is 17.4 Å². The first-order valence-electron chi connectivity index (χ1n) is 7.95. The van der Waals surface area contributed by atoms with Crippen LogP contribution in [-0.4, -0.2) is 42.1 Å². The van der Waals surface area contributed by atoms with Gasteiger partial charge in [0.25, 0.3) is 0 Å². The summed E-state index contributed by atoms with van der Waals surface area (Å²) >= 11 is 0. The molecule has 5 nitrogen and oxygen atoms in total. The smallest absolute Gasteiger partial charge is 0.228 e. The Hall–Kier alpha value is -1.49. The molecule has 0 aromatic rings. The fourth-order valence-corrected chi connectivity index (χ4v) is 2.66. The lowest BCUT2D eigenvalue weighted by atomic mass is 9.91. The number of rotatable bonds is 6. The molecule has 5 heteroatoms. The number of nitrogens with zero attached hydrogens (tertiary/aromatic N) is 2. The highest BCUT2D eigenvalue weighted by atomic mass is 16.2. The molecule has 0 aromatic heterocycles. The highest BCUT2D eigenvalue weighted by Gasteiger charge is 2.22. The number of ketones is 1. The Kier molecular flexibility index (Phi) is 6.11. The molecule has 0 aromatic carbocycles. The molecule has 2 aliphatic heterocycles. The molecule has 1 saturated heterocycles.